The first kappa shape index (κ1) is 14.3. The lowest BCUT2D eigenvalue weighted by molar-refractivity contribution is -0.119. The van der Waals surface area contributed by atoms with Gasteiger partial charge in [0.15, 0.2) is 5.69 Å². The van der Waals surface area contributed by atoms with Gasteiger partial charge in [-0.25, -0.2) is 9.48 Å². The Hall–Kier alpha value is -2.63. The van der Waals surface area contributed by atoms with Gasteiger partial charge in [0.25, 0.3) is 0 Å². The summed E-state index contributed by atoms with van der Waals surface area (Å²) >= 11 is 0. The molecule has 1 fully saturated rings. The van der Waals surface area contributed by atoms with Gasteiger partial charge in [-0.2, -0.15) is 5.10 Å². The van der Waals surface area contributed by atoms with E-state index in [-0.39, 0.29) is 17.5 Å². The van der Waals surface area contributed by atoms with E-state index in [0.29, 0.717) is 11.4 Å². The van der Waals surface area contributed by atoms with Gasteiger partial charge in [0.2, 0.25) is 5.91 Å². The fraction of sp³-hybridized carbons (Fsp3) is 0.312. The number of carboxylic acids is 1. The monoisotopic (exact) mass is 299 g/mol. The number of aromatic nitrogens is 2. The molecular weight excluding hydrogens is 282 g/mol. The molecule has 6 heteroatoms. The molecule has 0 atom stereocenters. The van der Waals surface area contributed by atoms with Crippen LogP contribution in [0.4, 0.5) is 5.69 Å². The number of aromatic carboxylic acids is 1. The second-order valence-electron chi connectivity index (χ2n) is 5.44. The van der Waals surface area contributed by atoms with E-state index in [4.69, 9.17) is 5.11 Å². The van der Waals surface area contributed by atoms with Crippen LogP contribution in [0.1, 0.15) is 36.2 Å². The minimum absolute atomic E-state index is 0.0237. The van der Waals surface area contributed by atoms with Crippen LogP contribution in [0.5, 0.6) is 0 Å². The van der Waals surface area contributed by atoms with Crippen LogP contribution < -0.4 is 5.32 Å². The van der Waals surface area contributed by atoms with Gasteiger partial charge < -0.3 is 10.4 Å². The van der Waals surface area contributed by atoms with Crippen LogP contribution in [0.3, 0.4) is 0 Å². The van der Waals surface area contributed by atoms with Crippen molar-refractivity contribution in [3.05, 3.63) is 42.2 Å². The third kappa shape index (κ3) is 2.86. The number of hydrogen-bond donors (Lipinski definition) is 2. The molecule has 0 radical (unpaired) electrons. The van der Waals surface area contributed by atoms with Crippen LogP contribution in [-0.2, 0) is 4.79 Å². The van der Waals surface area contributed by atoms with Gasteiger partial charge in [-0.1, -0.05) is 25.0 Å². The van der Waals surface area contributed by atoms with Gasteiger partial charge in [0.1, 0.15) is 0 Å². The molecule has 1 aromatic carbocycles. The number of carboxylic acid groups (broad SMARTS) is 1. The lowest BCUT2D eigenvalue weighted by atomic mass is 10.1. The van der Waals surface area contributed by atoms with E-state index in [1.165, 1.54) is 10.7 Å². The summed E-state index contributed by atoms with van der Waals surface area (Å²) in [6, 6.07) is 8.67. The number of para-hydroxylation sites is 2. The van der Waals surface area contributed by atoms with E-state index in [1.807, 2.05) is 12.1 Å². The minimum Gasteiger partial charge on any atom is -0.476 e. The molecule has 2 N–H and O–H groups in total. The molecule has 6 nitrogen and oxygen atoms in total. The number of amides is 1. The summed E-state index contributed by atoms with van der Waals surface area (Å²) in [5, 5.41) is 15.9. The number of rotatable bonds is 4. The number of benzene rings is 1. The van der Waals surface area contributed by atoms with Crippen molar-refractivity contribution in [3.8, 4) is 5.69 Å². The Bertz CT molecular complexity index is 702. The number of hydrogen-bond acceptors (Lipinski definition) is 3. The first-order valence-corrected chi connectivity index (χ1v) is 7.34. The third-order valence-corrected chi connectivity index (χ3v) is 3.94. The van der Waals surface area contributed by atoms with Crippen molar-refractivity contribution in [1.82, 2.24) is 9.78 Å². The molecule has 114 valence electrons. The van der Waals surface area contributed by atoms with E-state index in [2.05, 4.69) is 10.4 Å². The number of carbonyl (C=O) groups is 2. The van der Waals surface area contributed by atoms with E-state index >= 15 is 0 Å². The fourth-order valence-corrected chi connectivity index (χ4v) is 2.77. The molecule has 22 heavy (non-hydrogen) atoms. The van der Waals surface area contributed by atoms with Crippen molar-refractivity contribution in [2.75, 3.05) is 5.32 Å². The standard InChI is InChI=1S/C16H17N3O3/c20-15(11-5-1-2-6-11)17-12-7-3-4-8-14(12)19-10-9-13(18-19)16(21)22/h3-4,7-11H,1-2,5-6H2,(H,17,20)(H,21,22). The Labute approximate surface area is 127 Å². The smallest absolute Gasteiger partial charge is 0.356 e. The molecule has 1 heterocycles. The highest BCUT2D eigenvalue weighted by Crippen LogP contribution is 2.27. The molecule has 0 bridgehead atoms. The van der Waals surface area contributed by atoms with Gasteiger partial charge >= 0.3 is 5.97 Å². The summed E-state index contributed by atoms with van der Waals surface area (Å²) in [5.41, 5.74) is 1.26. The van der Waals surface area contributed by atoms with Crippen LogP contribution in [0.2, 0.25) is 0 Å². The topological polar surface area (TPSA) is 84.2 Å². The Morgan fingerprint density at radius 1 is 1.18 bits per heavy atom. The molecule has 1 aliphatic rings. The maximum absolute atomic E-state index is 12.3. The van der Waals surface area contributed by atoms with E-state index < -0.39 is 5.97 Å². The van der Waals surface area contributed by atoms with E-state index in [9.17, 15) is 9.59 Å². The molecule has 0 saturated heterocycles. The Balaban J connectivity index is 1.85. The second kappa shape index (κ2) is 6.01. The van der Waals surface area contributed by atoms with Crippen molar-refractivity contribution in [1.29, 1.82) is 0 Å². The molecule has 1 amide bonds. The van der Waals surface area contributed by atoms with Crippen LogP contribution in [0.15, 0.2) is 36.5 Å². The van der Waals surface area contributed by atoms with E-state index in [1.54, 1.807) is 18.3 Å². The average molecular weight is 299 g/mol. The number of anilines is 1. The first-order chi connectivity index (χ1) is 10.6. The third-order valence-electron chi connectivity index (χ3n) is 3.94. The van der Waals surface area contributed by atoms with Gasteiger partial charge in [-0.15, -0.1) is 0 Å². The number of carbonyl (C=O) groups excluding carboxylic acids is 1. The van der Waals surface area contributed by atoms with Crippen LogP contribution in [0.25, 0.3) is 5.69 Å². The Morgan fingerprint density at radius 2 is 1.91 bits per heavy atom. The minimum atomic E-state index is -1.08. The maximum atomic E-state index is 12.3. The molecule has 0 spiro atoms. The van der Waals surface area contributed by atoms with Gasteiger partial charge in [-0.3, -0.25) is 4.79 Å². The number of nitrogens with one attached hydrogen (secondary N) is 1. The highest BCUT2D eigenvalue weighted by Gasteiger charge is 2.23. The largest absolute Gasteiger partial charge is 0.476 e. The lowest BCUT2D eigenvalue weighted by Gasteiger charge is -2.14. The summed E-state index contributed by atoms with van der Waals surface area (Å²) in [5.74, 6) is -0.984. The van der Waals surface area contributed by atoms with Crippen LogP contribution >= 0.6 is 0 Å². The molecule has 1 saturated carbocycles. The number of nitrogens with zero attached hydrogens (tertiary/aromatic N) is 2. The summed E-state index contributed by atoms with van der Waals surface area (Å²) < 4.78 is 1.47. The Morgan fingerprint density at radius 3 is 2.59 bits per heavy atom. The zero-order chi connectivity index (χ0) is 15.5. The van der Waals surface area contributed by atoms with Crippen molar-refractivity contribution in [2.24, 2.45) is 5.92 Å². The predicted molar refractivity (Wildman–Crippen MR) is 81.1 cm³/mol. The van der Waals surface area contributed by atoms with Crippen molar-refractivity contribution in [2.45, 2.75) is 25.7 Å². The van der Waals surface area contributed by atoms with Crippen molar-refractivity contribution >= 4 is 17.6 Å². The van der Waals surface area contributed by atoms with Gasteiger partial charge in [-0.05, 0) is 31.0 Å². The lowest BCUT2D eigenvalue weighted by Crippen LogP contribution is -2.21. The van der Waals surface area contributed by atoms with Gasteiger partial charge in [0, 0.05) is 12.1 Å². The second-order valence-corrected chi connectivity index (χ2v) is 5.44. The molecule has 3 rings (SSSR count). The summed E-state index contributed by atoms with van der Waals surface area (Å²) in [7, 11) is 0. The summed E-state index contributed by atoms with van der Waals surface area (Å²) in [4.78, 5) is 23.2. The molecule has 2 aromatic rings. The maximum Gasteiger partial charge on any atom is 0.356 e. The molecule has 1 aromatic heterocycles. The zero-order valence-corrected chi connectivity index (χ0v) is 12.0. The molecule has 0 unspecified atom stereocenters. The quantitative estimate of drug-likeness (QED) is 0.909. The van der Waals surface area contributed by atoms with E-state index in [0.717, 1.165) is 25.7 Å². The van der Waals surface area contributed by atoms with Gasteiger partial charge in [0.05, 0.1) is 11.4 Å². The summed E-state index contributed by atoms with van der Waals surface area (Å²) in [6.07, 6.45) is 5.63. The van der Waals surface area contributed by atoms with Crippen LogP contribution in [-0.4, -0.2) is 26.8 Å². The fourth-order valence-electron chi connectivity index (χ4n) is 2.77. The zero-order valence-electron chi connectivity index (χ0n) is 12.0. The van der Waals surface area contributed by atoms with Crippen molar-refractivity contribution < 1.29 is 14.7 Å². The summed E-state index contributed by atoms with van der Waals surface area (Å²) in [6.45, 7) is 0. The van der Waals surface area contributed by atoms with Crippen molar-refractivity contribution in [3.63, 3.8) is 0 Å². The first-order valence-electron chi connectivity index (χ1n) is 7.34. The molecule has 0 aliphatic heterocycles. The normalized spacial score (nSPS) is 14.9. The van der Waals surface area contributed by atoms with Crippen LogP contribution in [0, 0.1) is 5.92 Å². The molecule has 1 aliphatic carbocycles. The highest BCUT2D eigenvalue weighted by molar-refractivity contribution is 5.94. The Kier molecular flexibility index (Phi) is 3.91. The predicted octanol–water partition coefficient (Wildman–Crippen LogP) is 2.70. The molecular formula is C16H17N3O3. The SMILES string of the molecule is O=C(O)c1ccn(-c2ccccc2NC(=O)C2CCCC2)n1. The average Bonchev–Trinajstić information content (AvgIpc) is 3.19. The highest BCUT2D eigenvalue weighted by atomic mass is 16.4.